The lowest BCUT2D eigenvalue weighted by molar-refractivity contribution is 0.299. The molecular weight excluding hydrogens is 328 g/mol. The van der Waals surface area contributed by atoms with Crippen molar-refractivity contribution >= 4 is 15.9 Å². The quantitative estimate of drug-likeness (QED) is 0.848. The van der Waals surface area contributed by atoms with E-state index in [9.17, 15) is 0 Å². The lowest BCUT2D eigenvalue weighted by Crippen LogP contribution is -2.23. The highest BCUT2D eigenvalue weighted by molar-refractivity contribution is 9.10. The van der Waals surface area contributed by atoms with E-state index in [0.29, 0.717) is 19.2 Å². The molecule has 0 atom stereocenters. The summed E-state index contributed by atoms with van der Waals surface area (Å²) in [6.45, 7) is 7.50. The summed E-state index contributed by atoms with van der Waals surface area (Å²) in [4.78, 5) is 4.58. The van der Waals surface area contributed by atoms with E-state index >= 15 is 0 Å². The van der Waals surface area contributed by atoms with Crippen LogP contribution >= 0.6 is 15.9 Å². The van der Waals surface area contributed by atoms with Gasteiger partial charge in [-0.25, -0.2) is 0 Å². The normalized spacial score (nSPS) is 10.9. The Labute approximate surface area is 134 Å². The standard InChI is InChI=1S/C17H21BrN2O/c1-12(2)19-10-16-17(8-7-13(3)20-16)21-11-14-5-4-6-15(18)9-14/h4-9,12,19H,10-11H2,1-3H3. The molecule has 2 aromatic rings. The molecule has 1 aromatic heterocycles. The number of rotatable bonds is 6. The molecule has 1 heterocycles. The molecule has 0 saturated heterocycles. The van der Waals surface area contributed by atoms with Crippen LogP contribution in [0.4, 0.5) is 0 Å². The summed E-state index contributed by atoms with van der Waals surface area (Å²) in [5.74, 6) is 0.841. The minimum atomic E-state index is 0.422. The molecule has 0 aliphatic carbocycles. The number of nitrogens with one attached hydrogen (secondary N) is 1. The number of aryl methyl sites for hydroxylation is 1. The molecule has 0 unspecified atom stereocenters. The highest BCUT2D eigenvalue weighted by atomic mass is 79.9. The summed E-state index contributed by atoms with van der Waals surface area (Å²) in [5, 5.41) is 3.39. The molecule has 112 valence electrons. The number of aromatic nitrogens is 1. The van der Waals surface area contributed by atoms with E-state index in [1.807, 2.05) is 31.2 Å². The third kappa shape index (κ3) is 5.14. The number of halogens is 1. The molecule has 0 bridgehead atoms. The molecule has 0 spiro atoms. The molecule has 4 heteroatoms. The molecule has 1 aromatic carbocycles. The minimum Gasteiger partial charge on any atom is -0.487 e. The fraction of sp³-hybridized carbons (Fsp3) is 0.353. The van der Waals surface area contributed by atoms with Crippen LogP contribution in [-0.2, 0) is 13.2 Å². The second-order valence-electron chi connectivity index (χ2n) is 5.35. The molecular formula is C17H21BrN2O. The summed E-state index contributed by atoms with van der Waals surface area (Å²) in [5.41, 5.74) is 3.09. The van der Waals surface area contributed by atoms with Crippen LogP contribution < -0.4 is 10.1 Å². The maximum Gasteiger partial charge on any atom is 0.142 e. The fourth-order valence-corrected chi connectivity index (χ4v) is 2.39. The number of hydrogen-bond acceptors (Lipinski definition) is 3. The first-order chi connectivity index (χ1) is 10.0. The van der Waals surface area contributed by atoms with Crippen molar-refractivity contribution < 1.29 is 4.74 Å². The number of ether oxygens (including phenoxy) is 1. The van der Waals surface area contributed by atoms with Gasteiger partial charge in [-0.15, -0.1) is 0 Å². The zero-order valence-electron chi connectivity index (χ0n) is 12.7. The second kappa shape index (κ2) is 7.57. The van der Waals surface area contributed by atoms with E-state index in [4.69, 9.17) is 4.74 Å². The highest BCUT2D eigenvalue weighted by Crippen LogP contribution is 2.19. The molecule has 0 saturated carbocycles. The summed E-state index contributed by atoms with van der Waals surface area (Å²) >= 11 is 3.48. The number of benzene rings is 1. The van der Waals surface area contributed by atoms with Crippen molar-refractivity contribution in [2.24, 2.45) is 0 Å². The van der Waals surface area contributed by atoms with Crippen molar-refractivity contribution in [3.8, 4) is 5.75 Å². The van der Waals surface area contributed by atoms with Gasteiger partial charge in [0.2, 0.25) is 0 Å². The van der Waals surface area contributed by atoms with Crippen molar-refractivity contribution in [2.45, 2.75) is 40.0 Å². The average Bonchev–Trinajstić information content (AvgIpc) is 2.44. The van der Waals surface area contributed by atoms with E-state index in [0.717, 1.165) is 27.2 Å². The number of pyridine rings is 1. The molecule has 21 heavy (non-hydrogen) atoms. The third-order valence-corrected chi connectivity index (χ3v) is 3.53. The zero-order chi connectivity index (χ0) is 15.2. The zero-order valence-corrected chi connectivity index (χ0v) is 14.3. The predicted molar refractivity (Wildman–Crippen MR) is 89.4 cm³/mol. The van der Waals surface area contributed by atoms with Crippen molar-refractivity contribution in [1.29, 1.82) is 0 Å². The highest BCUT2D eigenvalue weighted by Gasteiger charge is 2.07. The van der Waals surface area contributed by atoms with E-state index in [1.54, 1.807) is 0 Å². The van der Waals surface area contributed by atoms with E-state index in [2.05, 4.69) is 52.2 Å². The molecule has 3 nitrogen and oxygen atoms in total. The van der Waals surface area contributed by atoms with Crippen LogP contribution in [0.25, 0.3) is 0 Å². The Morgan fingerprint density at radius 3 is 2.76 bits per heavy atom. The van der Waals surface area contributed by atoms with Gasteiger partial charge in [-0.2, -0.15) is 0 Å². The van der Waals surface area contributed by atoms with Crippen molar-refractivity contribution in [3.63, 3.8) is 0 Å². The lowest BCUT2D eigenvalue weighted by Gasteiger charge is -2.14. The van der Waals surface area contributed by atoms with E-state index in [1.165, 1.54) is 0 Å². The fourth-order valence-electron chi connectivity index (χ4n) is 1.94. The first-order valence-electron chi connectivity index (χ1n) is 7.12. The smallest absolute Gasteiger partial charge is 0.142 e. The monoisotopic (exact) mass is 348 g/mol. The largest absolute Gasteiger partial charge is 0.487 e. The molecule has 0 radical (unpaired) electrons. The van der Waals surface area contributed by atoms with Crippen LogP contribution in [-0.4, -0.2) is 11.0 Å². The molecule has 1 N–H and O–H groups in total. The van der Waals surface area contributed by atoms with Gasteiger partial charge in [0, 0.05) is 22.8 Å². The molecule has 0 amide bonds. The Bertz CT molecular complexity index is 599. The summed E-state index contributed by atoms with van der Waals surface area (Å²) in [6, 6.07) is 12.5. The molecule has 0 fully saturated rings. The SMILES string of the molecule is Cc1ccc(OCc2cccc(Br)c2)c(CNC(C)C)n1. The first kappa shape index (κ1) is 16.0. The van der Waals surface area contributed by atoms with Crippen LogP contribution in [0.5, 0.6) is 5.75 Å². The Balaban J connectivity index is 2.08. The van der Waals surface area contributed by atoms with Crippen molar-refractivity contribution in [1.82, 2.24) is 10.3 Å². The van der Waals surface area contributed by atoms with Crippen LogP contribution in [0, 0.1) is 6.92 Å². The molecule has 2 rings (SSSR count). The van der Waals surface area contributed by atoms with Crippen molar-refractivity contribution in [3.05, 3.63) is 57.8 Å². The van der Waals surface area contributed by atoms with Crippen LogP contribution in [0.3, 0.4) is 0 Å². The van der Waals surface area contributed by atoms with Gasteiger partial charge in [0.05, 0.1) is 5.69 Å². The maximum atomic E-state index is 5.94. The Morgan fingerprint density at radius 1 is 1.24 bits per heavy atom. The summed E-state index contributed by atoms with van der Waals surface area (Å²) in [7, 11) is 0. The topological polar surface area (TPSA) is 34.1 Å². The van der Waals surface area contributed by atoms with Crippen LogP contribution in [0.15, 0.2) is 40.9 Å². The average molecular weight is 349 g/mol. The third-order valence-electron chi connectivity index (χ3n) is 3.03. The van der Waals surface area contributed by atoms with Gasteiger partial charge >= 0.3 is 0 Å². The van der Waals surface area contributed by atoms with Gasteiger partial charge in [0.25, 0.3) is 0 Å². The van der Waals surface area contributed by atoms with Gasteiger partial charge in [0.1, 0.15) is 12.4 Å². The van der Waals surface area contributed by atoms with Gasteiger partial charge in [-0.1, -0.05) is 41.9 Å². The molecule has 0 aliphatic rings. The summed E-state index contributed by atoms with van der Waals surface area (Å²) < 4.78 is 7.00. The number of nitrogens with zero attached hydrogens (tertiary/aromatic N) is 1. The van der Waals surface area contributed by atoms with Crippen LogP contribution in [0.2, 0.25) is 0 Å². The first-order valence-corrected chi connectivity index (χ1v) is 7.91. The lowest BCUT2D eigenvalue weighted by atomic mass is 10.2. The van der Waals surface area contributed by atoms with Gasteiger partial charge in [0.15, 0.2) is 0 Å². The Hall–Kier alpha value is -1.39. The van der Waals surface area contributed by atoms with E-state index in [-0.39, 0.29) is 0 Å². The number of hydrogen-bond donors (Lipinski definition) is 1. The van der Waals surface area contributed by atoms with Gasteiger partial charge in [-0.05, 0) is 36.8 Å². The van der Waals surface area contributed by atoms with E-state index < -0.39 is 0 Å². The van der Waals surface area contributed by atoms with Gasteiger partial charge < -0.3 is 10.1 Å². The predicted octanol–water partition coefficient (Wildman–Crippen LogP) is 4.23. The summed E-state index contributed by atoms with van der Waals surface area (Å²) in [6.07, 6.45) is 0. The van der Waals surface area contributed by atoms with Crippen LogP contribution in [0.1, 0.15) is 30.8 Å². The molecule has 0 aliphatic heterocycles. The van der Waals surface area contributed by atoms with Crippen molar-refractivity contribution in [2.75, 3.05) is 0 Å². The minimum absolute atomic E-state index is 0.422. The Morgan fingerprint density at radius 2 is 2.05 bits per heavy atom. The Kier molecular flexibility index (Phi) is 5.76. The maximum absolute atomic E-state index is 5.94. The van der Waals surface area contributed by atoms with Gasteiger partial charge in [-0.3, -0.25) is 4.98 Å². The second-order valence-corrected chi connectivity index (χ2v) is 6.27.